The van der Waals surface area contributed by atoms with Crippen molar-refractivity contribution >= 4 is 33.1 Å². The van der Waals surface area contributed by atoms with Crippen molar-refractivity contribution in [2.45, 2.75) is 40.0 Å². The fraction of sp³-hybridized carbons (Fsp3) is 0.240. The van der Waals surface area contributed by atoms with Crippen LogP contribution >= 0.6 is 0 Å². The first kappa shape index (κ1) is 20.6. The number of benzene rings is 2. The maximum absolute atomic E-state index is 13.1. The highest BCUT2D eigenvalue weighted by Gasteiger charge is 2.22. The Labute approximate surface area is 178 Å². The first-order valence-corrected chi connectivity index (χ1v) is 10.1. The molecule has 6 nitrogen and oxygen atoms in total. The summed E-state index contributed by atoms with van der Waals surface area (Å²) >= 11 is 0. The molecule has 3 N–H and O–H groups in total. The topological polar surface area (TPSA) is 104 Å². The van der Waals surface area contributed by atoms with E-state index in [4.69, 9.17) is 8.83 Å². The molecule has 0 aliphatic heterocycles. The van der Waals surface area contributed by atoms with E-state index in [1.165, 1.54) is 29.8 Å². The predicted octanol–water partition coefficient (Wildman–Crippen LogP) is 6.04. The van der Waals surface area contributed by atoms with Crippen molar-refractivity contribution in [3.05, 3.63) is 63.4 Å². The molecule has 31 heavy (non-hydrogen) atoms. The van der Waals surface area contributed by atoms with E-state index >= 15 is 0 Å². The number of phenolic OH excluding ortho intramolecular Hbond substituents is 3. The van der Waals surface area contributed by atoms with Gasteiger partial charge in [0.05, 0.1) is 5.39 Å². The molecule has 4 aromatic rings. The van der Waals surface area contributed by atoms with E-state index in [2.05, 4.69) is 19.9 Å². The van der Waals surface area contributed by atoms with Crippen molar-refractivity contribution in [1.82, 2.24) is 0 Å². The molecule has 0 spiro atoms. The van der Waals surface area contributed by atoms with Crippen molar-refractivity contribution in [3.8, 4) is 17.2 Å². The van der Waals surface area contributed by atoms with Gasteiger partial charge in [0.1, 0.15) is 22.3 Å². The fourth-order valence-electron chi connectivity index (χ4n) is 3.71. The van der Waals surface area contributed by atoms with Crippen LogP contribution < -0.4 is 5.43 Å². The molecule has 2 aromatic heterocycles. The van der Waals surface area contributed by atoms with Crippen LogP contribution in [0.5, 0.6) is 17.2 Å². The Bertz CT molecular complexity index is 1430. The van der Waals surface area contributed by atoms with Gasteiger partial charge < -0.3 is 24.2 Å². The molecule has 0 radical (unpaired) electrons. The number of allylic oxidation sites excluding steroid dienone is 4. The van der Waals surface area contributed by atoms with Gasteiger partial charge in [0.25, 0.3) is 0 Å². The van der Waals surface area contributed by atoms with Gasteiger partial charge in [-0.15, -0.1) is 0 Å². The normalized spacial score (nSPS) is 12.2. The molecule has 0 fully saturated rings. The lowest BCUT2D eigenvalue weighted by molar-refractivity contribution is 0.400. The van der Waals surface area contributed by atoms with Gasteiger partial charge in [-0.25, -0.2) is 0 Å². The van der Waals surface area contributed by atoms with Crippen molar-refractivity contribution in [3.63, 3.8) is 0 Å². The highest BCUT2D eigenvalue weighted by atomic mass is 16.5. The van der Waals surface area contributed by atoms with Crippen LogP contribution in [-0.4, -0.2) is 15.3 Å². The Morgan fingerprint density at radius 3 is 2.52 bits per heavy atom. The van der Waals surface area contributed by atoms with E-state index in [1.807, 2.05) is 13.0 Å². The third kappa shape index (κ3) is 3.77. The molecule has 160 valence electrons. The highest BCUT2D eigenvalue weighted by Crippen LogP contribution is 2.41. The molecule has 0 saturated heterocycles. The zero-order valence-electron chi connectivity index (χ0n) is 17.7. The zero-order valence-corrected chi connectivity index (χ0v) is 17.7. The summed E-state index contributed by atoms with van der Waals surface area (Å²) in [6.45, 7) is 6.13. The maximum Gasteiger partial charge on any atom is 0.302 e. The largest absolute Gasteiger partial charge is 0.508 e. The molecule has 0 amide bonds. The SMILES string of the molecule is CC(C)=CCCC(C)=CCc1c(O)c(O)cc2c1oc1oc3cc(O)ccc3c(=O)c12. The number of rotatable bonds is 5. The van der Waals surface area contributed by atoms with E-state index in [1.54, 1.807) is 0 Å². The third-order valence-electron chi connectivity index (χ3n) is 5.38. The molecular weight excluding hydrogens is 396 g/mol. The lowest BCUT2D eigenvalue weighted by Crippen LogP contribution is -2.00. The number of hydrogen-bond acceptors (Lipinski definition) is 6. The fourth-order valence-corrected chi connectivity index (χ4v) is 3.71. The molecule has 0 aliphatic rings. The Balaban J connectivity index is 1.87. The molecule has 0 bridgehead atoms. The Kier molecular flexibility index (Phi) is 5.23. The second kappa shape index (κ2) is 7.87. The molecule has 6 heteroatoms. The van der Waals surface area contributed by atoms with Crippen LogP contribution in [0.2, 0.25) is 0 Å². The van der Waals surface area contributed by atoms with Crippen LogP contribution in [-0.2, 0) is 6.42 Å². The Morgan fingerprint density at radius 1 is 1.00 bits per heavy atom. The monoisotopic (exact) mass is 420 g/mol. The van der Waals surface area contributed by atoms with Crippen molar-refractivity contribution in [1.29, 1.82) is 0 Å². The third-order valence-corrected chi connectivity index (χ3v) is 5.38. The predicted molar refractivity (Wildman–Crippen MR) is 121 cm³/mol. The summed E-state index contributed by atoms with van der Waals surface area (Å²) < 4.78 is 11.6. The van der Waals surface area contributed by atoms with Gasteiger partial charge in [-0.2, -0.15) is 0 Å². The van der Waals surface area contributed by atoms with Crippen LogP contribution in [0.25, 0.3) is 33.1 Å². The second-order valence-corrected chi connectivity index (χ2v) is 8.05. The summed E-state index contributed by atoms with van der Waals surface area (Å²) in [7, 11) is 0. The van der Waals surface area contributed by atoms with Crippen molar-refractivity contribution in [2.75, 3.05) is 0 Å². The summed E-state index contributed by atoms with van der Waals surface area (Å²) in [5.41, 5.74) is 2.94. The molecule has 2 aromatic carbocycles. The molecule has 0 unspecified atom stereocenters. The number of hydrogen-bond donors (Lipinski definition) is 3. The zero-order chi connectivity index (χ0) is 22.3. The minimum absolute atomic E-state index is 0.0198. The van der Waals surface area contributed by atoms with Gasteiger partial charge in [0, 0.05) is 17.0 Å². The smallest absolute Gasteiger partial charge is 0.302 e. The van der Waals surface area contributed by atoms with Gasteiger partial charge in [0.15, 0.2) is 11.5 Å². The van der Waals surface area contributed by atoms with Gasteiger partial charge in [-0.3, -0.25) is 4.79 Å². The van der Waals surface area contributed by atoms with E-state index in [0.29, 0.717) is 23.0 Å². The quantitative estimate of drug-likeness (QED) is 0.268. The van der Waals surface area contributed by atoms with Crippen LogP contribution in [0.1, 0.15) is 39.2 Å². The summed E-state index contributed by atoms with van der Waals surface area (Å²) in [6.07, 6.45) is 6.27. The molecule has 0 saturated carbocycles. The van der Waals surface area contributed by atoms with E-state index in [0.717, 1.165) is 18.4 Å². The van der Waals surface area contributed by atoms with Gasteiger partial charge >= 0.3 is 5.78 Å². The minimum Gasteiger partial charge on any atom is -0.508 e. The van der Waals surface area contributed by atoms with Gasteiger partial charge in [-0.05, 0) is 58.2 Å². The second-order valence-electron chi connectivity index (χ2n) is 8.05. The van der Waals surface area contributed by atoms with Crippen LogP contribution in [0.4, 0.5) is 0 Å². The number of fused-ring (bicyclic) bond motifs is 4. The number of furan rings is 1. The summed E-state index contributed by atoms with van der Waals surface area (Å²) in [4.78, 5) is 13.1. The lowest BCUT2D eigenvalue weighted by Gasteiger charge is -2.06. The number of phenols is 3. The first-order valence-electron chi connectivity index (χ1n) is 10.1. The summed E-state index contributed by atoms with van der Waals surface area (Å²) in [6, 6.07) is 5.55. The van der Waals surface area contributed by atoms with Gasteiger partial charge in [-0.1, -0.05) is 23.3 Å². The Morgan fingerprint density at radius 2 is 1.77 bits per heavy atom. The van der Waals surface area contributed by atoms with Gasteiger partial charge in [0.2, 0.25) is 5.43 Å². The first-order chi connectivity index (χ1) is 14.8. The van der Waals surface area contributed by atoms with E-state index < -0.39 is 0 Å². The van der Waals surface area contributed by atoms with Crippen LogP contribution in [0.3, 0.4) is 0 Å². The minimum atomic E-state index is -0.334. The summed E-state index contributed by atoms with van der Waals surface area (Å²) in [5, 5.41) is 31.3. The number of aromatic hydroxyl groups is 3. The summed E-state index contributed by atoms with van der Waals surface area (Å²) in [5.74, 6) is -0.662. The average Bonchev–Trinajstić information content (AvgIpc) is 3.05. The van der Waals surface area contributed by atoms with Crippen LogP contribution in [0, 0.1) is 0 Å². The molecule has 0 aliphatic carbocycles. The van der Waals surface area contributed by atoms with Crippen molar-refractivity contribution in [2.24, 2.45) is 0 Å². The van der Waals surface area contributed by atoms with E-state index in [-0.39, 0.29) is 44.8 Å². The molecule has 2 heterocycles. The highest BCUT2D eigenvalue weighted by molar-refractivity contribution is 6.08. The standard InChI is InChI=1S/C25H24O6/c1-13(2)5-4-6-14(3)7-9-17-22(28)19(27)12-18-21-23(29)16-10-8-15(26)11-20(16)30-25(21)31-24(17)18/h5,7-8,10-12,26-28H,4,6,9H2,1-3H3. The van der Waals surface area contributed by atoms with E-state index in [9.17, 15) is 20.1 Å². The Hall–Kier alpha value is -3.67. The molecule has 4 rings (SSSR count). The maximum atomic E-state index is 13.1. The van der Waals surface area contributed by atoms with Crippen molar-refractivity contribution < 1.29 is 24.2 Å². The average molecular weight is 420 g/mol. The van der Waals surface area contributed by atoms with Crippen LogP contribution in [0.15, 0.2) is 61.2 Å². The molecular formula is C25H24O6. The molecule has 0 atom stereocenters. The lowest BCUT2D eigenvalue weighted by atomic mass is 10.0.